The van der Waals surface area contributed by atoms with E-state index in [1.165, 1.54) is 31.4 Å². The van der Waals surface area contributed by atoms with Crippen LogP contribution in [0.15, 0.2) is 71.6 Å². The Labute approximate surface area is 182 Å². The fourth-order valence-electron chi connectivity index (χ4n) is 3.04. The molecule has 0 bridgehead atoms. The molecule has 2 N–H and O–H groups in total. The lowest BCUT2D eigenvalue weighted by molar-refractivity contribution is -0.118. The van der Waals surface area contributed by atoms with E-state index < -0.39 is 10.0 Å². The van der Waals surface area contributed by atoms with Crippen LogP contribution < -0.4 is 19.5 Å². The molecule has 0 heterocycles. The average Bonchev–Trinajstić information content (AvgIpc) is 2.71. The number of ether oxygens (including phenoxy) is 2. The molecule has 3 rings (SSSR count). The quantitative estimate of drug-likeness (QED) is 0.549. The van der Waals surface area contributed by atoms with Crippen LogP contribution in [0.5, 0.6) is 11.5 Å². The van der Waals surface area contributed by atoms with E-state index in [0.29, 0.717) is 22.9 Å². The number of carbonyl (C=O) groups is 1. The van der Waals surface area contributed by atoms with Gasteiger partial charge >= 0.3 is 0 Å². The number of rotatable bonds is 8. The van der Waals surface area contributed by atoms with Crippen LogP contribution in [0.4, 0.5) is 11.4 Å². The Morgan fingerprint density at radius 3 is 2.10 bits per heavy atom. The van der Waals surface area contributed by atoms with Gasteiger partial charge < -0.3 is 14.8 Å². The minimum atomic E-state index is -3.75. The summed E-state index contributed by atoms with van der Waals surface area (Å²) in [5.74, 6) is 0.607. The number of hydrogen-bond donors (Lipinski definition) is 2. The van der Waals surface area contributed by atoms with Crippen LogP contribution in [0.3, 0.4) is 0 Å². The topological polar surface area (TPSA) is 93.7 Å². The number of hydrogen-bond acceptors (Lipinski definition) is 5. The van der Waals surface area contributed by atoms with Crippen molar-refractivity contribution in [2.75, 3.05) is 23.8 Å². The van der Waals surface area contributed by atoms with E-state index in [4.69, 9.17) is 9.47 Å². The van der Waals surface area contributed by atoms with Crippen LogP contribution in [-0.2, 0) is 14.8 Å². The third kappa shape index (κ3) is 5.99. The van der Waals surface area contributed by atoms with E-state index in [0.717, 1.165) is 11.1 Å². The molecule has 3 aromatic rings. The highest BCUT2D eigenvalue weighted by atomic mass is 32.2. The lowest BCUT2D eigenvalue weighted by atomic mass is 10.1. The summed E-state index contributed by atoms with van der Waals surface area (Å²) >= 11 is 0. The van der Waals surface area contributed by atoms with Crippen molar-refractivity contribution in [2.24, 2.45) is 0 Å². The summed E-state index contributed by atoms with van der Waals surface area (Å²) in [5, 5.41) is 2.67. The first-order chi connectivity index (χ1) is 14.8. The van der Waals surface area contributed by atoms with Crippen LogP contribution in [0, 0.1) is 13.8 Å². The minimum absolute atomic E-state index is 0.0925. The van der Waals surface area contributed by atoms with Crippen LogP contribution in [0.2, 0.25) is 0 Å². The van der Waals surface area contributed by atoms with Gasteiger partial charge in [-0.2, -0.15) is 0 Å². The fourth-order valence-corrected chi connectivity index (χ4v) is 4.08. The maximum Gasteiger partial charge on any atom is 0.262 e. The number of carbonyl (C=O) groups excluding carboxylic acids is 1. The van der Waals surface area contributed by atoms with Gasteiger partial charge in [-0.1, -0.05) is 18.2 Å². The first kappa shape index (κ1) is 22.2. The zero-order valence-electron chi connectivity index (χ0n) is 17.5. The molecule has 0 spiro atoms. The predicted octanol–water partition coefficient (Wildman–Crippen LogP) is 4.13. The van der Waals surface area contributed by atoms with Gasteiger partial charge in [-0.15, -0.1) is 0 Å². The Bertz CT molecular complexity index is 1150. The molecule has 0 saturated heterocycles. The van der Waals surface area contributed by atoms with Crippen LogP contribution in [-0.4, -0.2) is 28.0 Å². The van der Waals surface area contributed by atoms with Crippen LogP contribution in [0.25, 0.3) is 0 Å². The molecule has 7 nitrogen and oxygen atoms in total. The fraction of sp³-hybridized carbons (Fsp3) is 0.174. The third-order valence-corrected chi connectivity index (χ3v) is 5.75. The SMILES string of the molecule is COc1ccccc1OCC(=O)Nc1ccc(S(=O)(=O)Nc2cc(C)cc(C)c2)cc1. The van der Waals surface area contributed by atoms with Crippen molar-refractivity contribution in [3.8, 4) is 11.5 Å². The summed E-state index contributed by atoms with van der Waals surface area (Å²) in [4.78, 5) is 12.3. The molecular weight excluding hydrogens is 416 g/mol. The number of amides is 1. The van der Waals surface area contributed by atoms with Crippen molar-refractivity contribution >= 4 is 27.3 Å². The zero-order chi connectivity index (χ0) is 22.4. The van der Waals surface area contributed by atoms with Gasteiger partial charge in [0.1, 0.15) is 0 Å². The monoisotopic (exact) mass is 440 g/mol. The Kier molecular flexibility index (Phi) is 6.81. The molecule has 31 heavy (non-hydrogen) atoms. The molecule has 3 aromatic carbocycles. The molecule has 0 aliphatic heterocycles. The van der Waals surface area contributed by atoms with E-state index in [1.54, 1.807) is 36.4 Å². The summed E-state index contributed by atoms with van der Waals surface area (Å²) in [6.45, 7) is 3.59. The number of para-hydroxylation sites is 2. The molecule has 0 aliphatic carbocycles. The van der Waals surface area contributed by atoms with Gasteiger partial charge in [0.2, 0.25) is 0 Å². The van der Waals surface area contributed by atoms with Gasteiger partial charge in [-0.05, 0) is 73.5 Å². The molecule has 162 valence electrons. The zero-order valence-corrected chi connectivity index (χ0v) is 18.3. The summed E-state index contributed by atoms with van der Waals surface area (Å²) in [5.41, 5.74) is 2.89. The standard InChI is InChI=1S/C23H24N2O5S/c1-16-12-17(2)14-19(13-16)25-31(27,28)20-10-8-18(9-11-20)24-23(26)15-30-22-7-5-4-6-21(22)29-3/h4-14,25H,15H2,1-3H3,(H,24,26). The van der Waals surface area contributed by atoms with Crippen molar-refractivity contribution in [3.63, 3.8) is 0 Å². The third-order valence-electron chi connectivity index (χ3n) is 4.35. The molecule has 8 heteroatoms. The van der Waals surface area contributed by atoms with Crippen molar-refractivity contribution in [3.05, 3.63) is 77.9 Å². The summed E-state index contributed by atoms with van der Waals surface area (Å²) in [6.07, 6.45) is 0. The number of methoxy groups -OCH3 is 1. The molecule has 1 amide bonds. The molecule has 0 aliphatic rings. The van der Waals surface area contributed by atoms with Gasteiger partial charge in [-0.3, -0.25) is 9.52 Å². The molecule has 0 atom stereocenters. The Morgan fingerprint density at radius 2 is 1.48 bits per heavy atom. The second-order valence-electron chi connectivity index (χ2n) is 6.99. The number of benzene rings is 3. The number of anilines is 2. The van der Waals surface area contributed by atoms with Crippen LogP contribution in [0.1, 0.15) is 11.1 Å². The molecule has 0 radical (unpaired) electrons. The maximum absolute atomic E-state index is 12.6. The molecule has 0 unspecified atom stereocenters. The van der Waals surface area contributed by atoms with Gasteiger partial charge in [0.05, 0.1) is 12.0 Å². The van der Waals surface area contributed by atoms with Gasteiger partial charge in [-0.25, -0.2) is 8.42 Å². The predicted molar refractivity (Wildman–Crippen MR) is 120 cm³/mol. The van der Waals surface area contributed by atoms with Crippen LogP contribution >= 0.6 is 0 Å². The van der Waals surface area contributed by atoms with Crippen molar-refractivity contribution in [1.82, 2.24) is 0 Å². The summed E-state index contributed by atoms with van der Waals surface area (Å²) in [7, 11) is -2.23. The second kappa shape index (κ2) is 9.53. The van der Waals surface area contributed by atoms with Gasteiger partial charge in [0, 0.05) is 11.4 Å². The Balaban J connectivity index is 1.62. The van der Waals surface area contributed by atoms with E-state index in [9.17, 15) is 13.2 Å². The van der Waals surface area contributed by atoms with Crippen molar-refractivity contribution in [2.45, 2.75) is 18.7 Å². The highest BCUT2D eigenvalue weighted by Gasteiger charge is 2.15. The van der Waals surface area contributed by atoms with Crippen molar-refractivity contribution in [1.29, 1.82) is 0 Å². The first-order valence-electron chi connectivity index (χ1n) is 9.54. The highest BCUT2D eigenvalue weighted by molar-refractivity contribution is 7.92. The van der Waals surface area contributed by atoms with Crippen molar-refractivity contribution < 1.29 is 22.7 Å². The first-order valence-corrected chi connectivity index (χ1v) is 11.0. The molecule has 0 aromatic heterocycles. The normalized spacial score (nSPS) is 10.9. The largest absolute Gasteiger partial charge is 0.493 e. The maximum atomic E-state index is 12.6. The lowest BCUT2D eigenvalue weighted by Crippen LogP contribution is -2.20. The highest BCUT2D eigenvalue weighted by Crippen LogP contribution is 2.25. The molecule has 0 fully saturated rings. The van der Waals surface area contributed by atoms with E-state index in [2.05, 4.69) is 10.0 Å². The number of sulfonamides is 1. The lowest BCUT2D eigenvalue weighted by Gasteiger charge is -2.12. The molecule has 0 saturated carbocycles. The second-order valence-corrected chi connectivity index (χ2v) is 8.68. The summed E-state index contributed by atoms with van der Waals surface area (Å²) < 4.78 is 38.5. The van der Waals surface area contributed by atoms with Gasteiger partial charge in [0.25, 0.3) is 15.9 Å². The average molecular weight is 441 g/mol. The summed E-state index contributed by atoms with van der Waals surface area (Å²) in [6, 6.07) is 18.4. The Hall–Kier alpha value is -3.52. The Morgan fingerprint density at radius 1 is 0.871 bits per heavy atom. The molecular formula is C23H24N2O5S. The number of nitrogens with one attached hydrogen (secondary N) is 2. The smallest absolute Gasteiger partial charge is 0.262 e. The number of aryl methyl sites for hydroxylation is 2. The van der Waals surface area contributed by atoms with E-state index in [-0.39, 0.29) is 17.4 Å². The van der Waals surface area contributed by atoms with Gasteiger partial charge in [0.15, 0.2) is 18.1 Å². The van der Waals surface area contributed by atoms with E-state index >= 15 is 0 Å². The van der Waals surface area contributed by atoms with E-state index in [1.807, 2.05) is 19.9 Å². The minimum Gasteiger partial charge on any atom is -0.493 e.